The minimum absolute atomic E-state index is 0.0459. The van der Waals surface area contributed by atoms with E-state index >= 15 is 0 Å². The number of carbonyl (C=O) groups excluding carboxylic acids is 1. The minimum Gasteiger partial charge on any atom is -0.348 e. The fourth-order valence-electron chi connectivity index (χ4n) is 3.40. The van der Waals surface area contributed by atoms with Crippen LogP contribution in [0.25, 0.3) is 11.0 Å². The number of halogens is 3. The quantitative estimate of drug-likeness (QED) is 0.699. The van der Waals surface area contributed by atoms with Crippen molar-refractivity contribution in [3.63, 3.8) is 0 Å². The van der Waals surface area contributed by atoms with E-state index in [0.717, 1.165) is 10.6 Å². The van der Waals surface area contributed by atoms with Gasteiger partial charge in [0.15, 0.2) is 23.1 Å². The van der Waals surface area contributed by atoms with Gasteiger partial charge in [0.05, 0.1) is 12.2 Å². The van der Waals surface area contributed by atoms with Crippen LogP contribution in [0, 0.1) is 17.5 Å². The van der Waals surface area contributed by atoms with E-state index in [4.69, 9.17) is 0 Å². The highest BCUT2D eigenvalue weighted by atomic mass is 19.2. The van der Waals surface area contributed by atoms with E-state index < -0.39 is 35.0 Å². The molecular formula is C17H14F3N5O2. The first-order valence-electron chi connectivity index (χ1n) is 8.19. The van der Waals surface area contributed by atoms with Crippen LogP contribution in [0.2, 0.25) is 0 Å². The molecule has 0 radical (unpaired) electrons. The van der Waals surface area contributed by atoms with Crippen molar-refractivity contribution in [2.24, 2.45) is 7.05 Å². The number of rotatable bonds is 3. The van der Waals surface area contributed by atoms with Crippen LogP contribution in [0.1, 0.15) is 23.6 Å². The topological polar surface area (TPSA) is 81.8 Å². The van der Waals surface area contributed by atoms with Gasteiger partial charge in [0.1, 0.15) is 18.3 Å². The lowest BCUT2D eigenvalue weighted by Crippen LogP contribution is -2.34. The SMILES string of the molecule is Cn1ncc2c(=O)n(CC(=O)NC3CCc4cc(F)c(F)c(F)c43)cnc21. The third-order valence-electron chi connectivity index (χ3n) is 4.70. The normalized spacial score (nSPS) is 15.9. The Labute approximate surface area is 150 Å². The third kappa shape index (κ3) is 2.77. The molecule has 140 valence electrons. The molecule has 0 saturated heterocycles. The maximum absolute atomic E-state index is 14.1. The molecule has 0 aliphatic heterocycles. The molecule has 0 bridgehead atoms. The molecule has 27 heavy (non-hydrogen) atoms. The first-order chi connectivity index (χ1) is 12.9. The number of carbonyl (C=O) groups is 1. The monoisotopic (exact) mass is 377 g/mol. The second-order valence-corrected chi connectivity index (χ2v) is 6.40. The zero-order valence-electron chi connectivity index (χ0n) is 14.2. The molecule has 1 aliphatic carbocycles. The van der Waals surface area contributed by atoms with Gasteiger partial charge in [0, 0.05) is 12.6 Å². The molecule has 3 aromatic rings. The van der Waals surface area contributed by atoms with Crippen molar-refractivity contribution in [2.75, 3.05) is 0 Å². The molecule has 10 heteroatoms. The summed E-state index contributed by atoms with van der Waals surface area (Å²) in [4.78, 5) is 28.8. The Morgan fingerprint density at radius 1 is 1.33 bits per heavy atom. The molecule has 2 aromatic heterocycles. The van der Waals surface area contributed by atoms with Gasteiger partial charge in [-0.1, -0.05) is 0 Å². The van der Waals surface area contributed by atoms with Gasteiger partial charge in [-0.2, -0.15) is 5.10 Å². The van der Waals surface area contributed by atoms with E-state index in [2.05, 4.69) is 15.4 Å². The summed E-state index contributed by atoms with van der Waals surface area (Å²) in [5, 5.41) is 6.78. The summed E-state index contributed by atoms with van der Waals surface area (Å²) < 4.78 is 43.5. The Bertz CT molecular complexity index is 1140. The third-order valence-corrected chi connectivity index (χ3v) is 4.70. The maximum Gasteiger partial charge on any atom is 0.264 e. The number of amides is 1. The van der Waals surface area contributed by atoms with Gasteiger partial charge in [0.2, 0.25) is 5.91 Å². The molecule has 0 spiro atoms. The van der Waals surface area contributed by atoms with E-state index in [1.165, 1.54) is 17.2 Å². The molecule has 7 nitrogen and oxygen atoms in total. The highest BCUT2D eigenvalue weighted by Gasteiger charge is 2.31. The molecular weight excluding hydrogens is 363 g/mol. The van der Waals surface area contributed by atoms with Crippen LogP contribution in [-0.2, 0) is 24.8 Å². The lowest BCUT2D eigenvalue weighted by Gasteiger charge is -2.15. The highest BCUT2D eigenvalue weighted by molar-refractivity contribution is 5.77. The van der Waals surface area contributed by atoms with Gasteiger partial charge in [0.25, 0.3) is 5.56 Å². The van der Waals surface area contributed by atoms with E-state index in [0.29, 0.717) is 24.1 Å². The molecule has 1 N–H and O–H groups in total. The number of benzene rings is 1. The molecule has 1 atom stereocenters. The molecule has 1 aromatic carbocycles. The maximum atomic E-state index is 14.1. The Hall–Kier alpha value is -3.17. The fraction of sp³-hybridized carbons (Fsp3) is 0.294. The molecule has 1 amide bonds. The predicted molar refractivity (Wildman–Crippen MR) is 88.3 cm³/mol. The largest absolute Gasteiger partial charge is 0.348 e. The molecule has 1 unspecified atom stereocenters. The van der Waals surface area contributed by atoms with Crippen LogP contribution in [0.15, 0.2) is 23.4 Å². The van der Waals surface area contributed by atoms with E-state index in [1.807, 2.05) is 0 Å². The van der Waals surface area contributed by atoms with Crippen LogP contribution in [-0.4, -0.2) is 25.2 Å². The van der Waals surface area contributed by atoms with Crippen LogP contribution < -0.4 is 10.9 Å². The Morgan fingerprint density at radius 3 is 2.89 bits per heavy atom. The first kappa shape index (κ1) is 17.3. The average molecular weight is 377 g/mol. The van der Waals surface area contributed by atoms with Gasteiger partial charge < -0.3 is 5.32 Å². The second-order valence-electron chi connectivity index (χ2n) is 6.40. The van der Waals surface area contributed by atoms with Crippen molar-refractivity contribution in [1.29, 1.82) is 0 Å². The lowest BCUT2D eigenvalue weighted by molar-refractivity contribution is -0.122. The Kier molecular flexibility index (Phi) is 3.97. The smallest absolute Gasteiger partial charge is 0.264 e. The van der Waals surface area contributed by atoms with Crippen molar-refractivity contribution >= 4 is 16.9 Å². The van der Waals surface area contributed by atoms with Crippen molar-refractivity contribution in [2.45, 2.75) is 25.4 Å². The van der Waals surface area contributed by atoms with Gasteiger partial charge in [-0.25, -0.2) is 18.2 Å². The summed E-state index contributed by atoms with van der Waals surface area (Å²) in [6.07, 6.45) is 3.22. The number of nitrogens with zero attached hydrogens (tertiary/aromatic N) is 4. The number of hydrogen-bond acceptors (Lipinski definition) is 4. The predicted octanol–water partition coefficient (Wildman–Crippen LogP) is 1.35. The molecule has 0 saturated carbocycles. The van der Waals surface area contributed by atoms with Crippen LogP contribution in [0.4, 0.5) is 13.2 Å². The summed E-state index contributed by atoms with van der Waals surface area (Å²) in [6.45, 7) is -0.339. The highest BCUT2D eigenvalue weighted by Crippen LogP contribution is 2.35. The minimum atomic E-state index is -1.56. The summed E-state index contributed by atoms with van der Waals surface area (Å²) in [7, 11) is 1.64. The molecule has 1 aliphatic rings. The Morgan fingerprint density at radius 2 is 2.11 bits per heavy atom. The van der Waals surface area contributed by atoms with Gasteiger partial charge in [-0.15, -0.1) is 0 Å². The van der Waals surface area contributed by atoms with Gasteiger partial charge >= 0.3 is 0 Å². The molecule has 4 rings (SSSR count). The van der Waals surface area contributed by atoms with Crippen molar-refractivity contribution in [1.82, 2.24) is 24.6 Å². The average Bonchev–Trinajstić information content (AvgIpc) is 3.19. The number of aryl methyl sites for hydroxylation is 2. The zero-order chi connectivity index (χ0) is 19.3. The molecule has 0 fully saturated rings. The van der Waals surface area contributed by atoms with Crippen molar-refractivity contribution < 1.29 is 18.0 Å². The summed E-state index contributed by atoms with van der Waals surface area (Å²) >= 11 is 0. The van der Waals surface area contributed by atoms with Crippen molar-refractivity contribution in [3.05, 3.63) is 57.5 Å². The first-order valence-corrected chi connectivity index (χ1v) is 8.19. The number of aromatic nitrogens is 4. The summed E-state index contributed by atoms with van der Waals surface area (Å²) in [5.74, 6) is -4.66. The second kappa shape index (κ2) is 6.22. The van der Waals surface area contributed by atoms with Crippen LogP contribution >= 0.6 is 0 Å². The van der Waals surface area contributed by atoms with Crippen LogP contribution in [0.5, 0.6) is 0 Å². The van der Waals surface area contributed by atoms with E-state index in [9.17, 15) is 22.8 Å². The standard InChI is InChI=1S/C17H14F3N5O2/c1-24-16-9(5-22-24)17(27)25(7-21-16)6-12(26)23-11-3-2-8-4-10(18)14(19)15(20)13(8)11/h4-5,7,11H,2-3,6H2,1H3,(H,23,26). The number of fused-ring (bicyclic) bond motifs is 2. The number of nitrogens with one attached hydrogen (secondary N) is 1. The Balaban J connectivity index is 1.56. The fourth-order valence-corrected chi connectivity index (χ4v) is 3.40. The number of hydrogen-bond donors (Lipinski definition) is 1. The summed E-state index contributed by atoms with van der Waals surface area (Å²) in [5.41, 5.74) is 0.234. The van der Waals surface area contributed by atoms with Gasteiger partial charge in [-0.05, 0) is 24.5 Å². The zero-order valence-corrected chi connectivity index (χ0v) is 14.2. The van der Waals surface area contributed by atoms with E-state index in [-0.39, 0.29) is 17.5 Å². The lowest BCUT2D eigenvalue weighted by atomic mass is 10.1. The van der Waals surface area contributed by atoms with E-state index in [1.54, 1.807) is 7.05 Å². The van der Waals surface area contributed by atoms with Crippen LogP contribution in [0.3, 0.4) is 0 Å². The molecule has 2 heterocycles. The van der Waals surface area contributed by atoms with Crippen molar-refractivity contribution in [3.8, 4) is 0 Å². The van der Waals surface area contributed by atoms with Gasteiger partial charge in [-0.3, -0.25) is 18.8 Å². The summed E-state index contributed by atoms with van der Waals surface area (Å²) in [6, 6.07) is 0.165.